The summed E-state index contributed by atoms with van der Waals surface area (Å²) in [6.45, 7) is 4.83. The molecule has 1 unspecified atom stereocenters. The van der Waals surface area contributed by atoms with Crippen molar-refractivity contribution < 1.29 is 22.6 Å². The normalized spacial score (nSPS) is 15.6. The van der Waals surface area contributed by atoms with Crippen LogP contribution < -0.4 is 4.72 Å². The average molecular weight is 388 g/mol. The number of hydrogen-bond acceptors (Lipinski definition) is 5. The summed E-state index contributed by atoms with van der Waals surface area (Å²) in [6.07, 6.45) is -3.44. The van der Waals surface area contributed by atoms with Gasteiger partial charge < -0.3 is 4.55 Å². The van der Waals surface area contributed by atoms with Crippen LogP contribution in [0.4, 0.5) is 13.2 Å². The van der Waals surface area contributed by atoms with Gasteiger partial charge in [0.15, 0.2) is 6.04 Å². The van der Waals surface area contributed by atoms with Gasteiger partial charge in [0.1, 0.15) is 4.75 Å². The molecular weight excluding hydrogens is 367 g/mol. The minimum Gasteiger partial charge on any atom is -0.598 e. The smallest absolute Gasteiger partial charge is 0.413 e. The van der Waals surface area contributed by atoms with Gasteiger partial charge in [-0.25, -0.2) is 0 Å². The molecule has 0 spiro atoms. The first kappa shape index (κ1) is 21.5. The fourth-order valence-electron chi connectivity index (χ4n) is 1.54. The Bertz CT molecular complexity index is 553. The molecule has 1 N–H and O–H groups in total. The van der Waals surface area contributed by atoms with Crippen molar-refractivity contribution in [3.05, 3.63) is 28.5 Å². The van der Waals surface area contributed by atoms with E-state index in [0.29, 0.717) is 5.56 Å². The van der Waals surface area contributed by atoms with Crippen LogP contribution in [0.5, 0.6) is 0 Å². The summed E-state index contributed by atoms with van der Waals surface area (Å²) in [5.74, 6) is 0. The van der Waals surface area contributed by atoms with Gasteiger partial charge in [-0.2, -0.15) is 18.2 Å². The van der Waals surface area contributed by atoms with Crippen molar-refractivity contribution in [3.63, 3.8) is 0 Å². The number of rotatable bonds is 6. The number of nitrogens with zero attached hydrogens (tertiary/aromatic N) is 2. The van der Waals surface area contributed by atoms with Crippen molar-refractivity contribution in [1.82, 2.24) is 14.8 Å². The van der Waals surface area contributed by atoms with E-state index in [1.807, 2.05) is 0 Å². The number of hydrogen-bond donors (Lipinski definition) is 1. The van der Waals surface area contributed by atoms with Crippen molar-refractivity contribution in [3.8, 4) is 0 Å². The second-order valence-corrected chi connectivity index (χ2v) is 8.68. The molecule has 0 aliphatic heterocycles. The topological polar surface area (TPSA) is 60.5 Å². The summed E-state index contributed by atoms with van der Waals surface area (Å²) in [5.41, 5.74) is 0.102. The molecule has 2 atom stereocenters. The molecule has 5 nitrogen and oxygen atoms in total. The van der Waals surface area contributed by atoms with Crippen LogP contribution >= 0.6 is 11.6 Å². The van der Waals surface area contributed by atoms with Crippen LogP contribution in [-0.2, 0) is 22.8 Å². The molecule has 0 saturated heterocycles. The molecule has 0 fully saturated rings. The fraction of sp³-hybridized carbons (Fsp3) is 0.643. The summed E-state index contributed by atoms with van der Waals surface area (Å²) >= 11 is 4.04. The van der Waals surface area contributed by atoms with Crippen LogP contribution in [0, 0.1) is 0 Å². The van der Waals surface area contributed by atoms with E-state index in [-0.39, 0.29) is 11.6 Å². The van der Waals surface area contributed by atoms with Crippen LogP contribution in [0.3, 0.4) is 0 Å². The molecule has 0 aliphatic carbocycles. The zero-order valence-electron chi connectivity index (χ0n) is 14.1. The molecule has 0 saturated carbocycles. The van der Waals surface area contributed by atoms with Crippen molar-refractivity contribution in [2.24, 2.45) is 0 Å². The Morgan fingerprint density at radius 1 is 1.38 bits per heavy atom. The third kappa shape index (κ3) is 6.38. The lowest BCUT2D eigenvalue weighted by atomic mass is 10.1. The van der Waals surface area contributed by atoms with Crippen molar-refractivity contribution in [2.45, 2.75) is 44.3 Å². The quantitative estimate of drug-likeness (QED) is 0.599. The third-order valence-electron chi connectivity index (χ3n) is 2.80. The van der Waals surface area contributed by atoms with Crippen LogP contribution in [-0.4, -0.2) is 39.6 Å². The molecule has 24 heavy (non-hydrogen) atoms. The second kappa shape index (κ2) is 8.20. The molecule has 10 heteroatoms. The fourth-order valence-corrected chi connectivity index (χ4v) is 2.66. The summed E-state index contributed by atoms with van der Waals surface area (Å²) in [6, 6.07) is -0.873. The van der Waals surface area contributed by atoms with E-state index in [9.17, 15) is 17.7 Å². The largest absolute Gasteiger partial charge is 0.598 e. The number of pyridine rings is 1. The Morgan fingerprint density at radius 3 is 2.38 bits per heavy atom. The molecule has 1 aromatic heterocycles. The maximum atomic E-state index is 13.4. The Morgan fingerprint density at radius 2 is 1.96 bits per heavy atom. The molecule has 138 valence electrons. The summed E-state index contributed by atoms with van der Waals surface area (Å²) in [7, 11) is 3.35. The molecule has 1 rings (SSSR count). The van der Waals surface area contributed by atoms with E-state index >= 15 is 0 Å². The van der Waals surface area contributed by atoms with Gasteiger partial charge in [-0.05, 0) is 32.4 Å². The zero-order valence-corrected chi connectivity index (χ0v) is 15.6. The second-order valence-electron chi connectivity index (χ2n) is 6.27. The number of nitrogens with one attached hydrogen (secondary N) is 1. The predicted octanol–water partition coefficient (Wildman–Crippen LogP) is 3.38. The van der Waals surface area contributed by atoms with Crippen molar-refractivity contribution in [1.29, 1.82) is 0 Å². The Kier molecular flexibility index (Phi) is 7.33. The van der Waals surface area contributed by atoms with E-state index in [1.165, 1.54) is 17.3 Å². The van der Waals surface area contributed by atoms with E-state index in [0.717, 1.165) is 0 Å². The minimum atomic E-state index is -4.70. The molecule has 0 aliphatic rings. The lowest BCUT2D eigenvalue weighted by molar-refractivity contribution is -0.153. The van der Waals surface area contributed by atoms with Crippen LogP contribution in [0.25, 0.3) is 0 Å². The van der Waals surface area contributed by atoms with Gasteiger partial charge in [-0.15, -0.1) is 4.72 Å². The SMILES string of the molecule is CN(C)OCc1cnc([C@@H](N[S+]([O-])C(C)(C)C)C(F)(F)F)c(Cl)c1. The van der Waals surface area contributed by atoms with Gasteiger partial charge >= 0.3 is 6.18 Å². The standard InChI is InChI=1S/C14H21ClF3N3O2S/c1-13(2,3)24(22)20-12(14(16,17)18)11-10(15)6-9(7-19-11)8-23-21(4)5/h6-7,12,20H,8H2,1-5H3/t12-,24?/m1/s1. The average Bonchev–Trinajstić information content (AvgIpc) is 2.40. The summed E-state index contributed by atoms with van der Waals surface area (Å²) in [4.78, 5) is 9.02. The highest BCUT2D eigenvalue weighted by molar-refractivity contribution is 7.90. The zero-order chi connectivity index (χ0) is 18.7. The lowest BCUT2D eigenvalue weighted by Gasteiger charge is -2.29. The van der Waals surface area contributed by atoms with Crippen LogP contribution in [0.1, 0.15) is 38.1 Å². The predicted molar refractivity (Wildman–Crippen MR) is 87.6 cm³/mol. The molecule has 0 radical (unpaired) electrons. The van der Waals surface area contributed by atoms with Gasteiger partial charge in [0.05, 0.1) is 17.3 Å². The molecular formula is C14H21ClF3N3O2S. The van der Waals surface area contributed by atoms with Gasteiger partial charge in [-0.1, -0.05) is 11.6 Å². The number of halogens is 4. The Labute approximate surface area is 147 Å². The van der Waals surface area contributed by atoms with Crippen LogP contribution in [0.15, 0.2) is 12.3 Å². The van der Waals surface area contributed by atoms with Crippen LogP contribution in [0.2, 0.25) is 5.02 Å². The third-order valence-corrected chi connectivity index (χ3v) is 4.66. The van der Waals surface area contributed by atoms with E-state index in [2.05, 4.69) is 9.71 Å². The molecule has 1 aromatic rings. The molecule has 0 bridgehead atoms. The van der Waals surface area contributed by atoms with Crippen molar-refractivity contribution in [2.75, 3.05) is 14.1 Å². The molecule has 0 aromatic carbocycles. The van der Waals surface area contributed by atoms with E-state index in [4.69, 9.17) is 16.4 Å². The highest BCUT2D eigenvalue weighted by Gasteiger charge is 2.47. The number of aromatic nitrogens is 1. The monoisotopic (exact) mass is 387 g/mol. The first-order chi connectivity index (χ1) is 10.8. The highest BCUT2D eigenvalue weighted by atomic mass is 35.5. The molecule has 1 heterocycles. The van der Waals surface area contributed by atoms with Crippen molar-refractivity contribution >= 4 is 23.0 Å². The summed E-state index contributed by atoms with van der Waals surface area (Å²) in [5, 5.41) is 1.28. The van der Waals surface area contributed by atoms with E-state index in [1.54, 1.807) is 34.9 Å². The maximum absolute atomic E-state index is 13.4. The minimum absolute atomic E-state index is 0.123. The summed E-state index contributed by atoms with van der Waals surface area (Å²) < 4.78 is 53.4. The first-order valence-corrected chi connectivity index (χ1v) is 8.54. The highest BCUT2D eigenvalue weighted by Crippen LogP contribution is 2.36. The Hall–Kier alpha value is -0.580. The van der Waals surface area contributed by atoms with Gasteiger partial charge in [0.25, 0.3) is 0 Å². The lowest BCUT2D eigenvalue weighted by Crippen LogP contribution is -2.46. The number of hydroxylamine groups is 2. The Balaban J connectivity index is 3.07. The van der Waals surface area contributed by atoms with E-state index < -0.39 is 34.0 Å². The maximum Gasteiger partial charge on any atom is 0.413 e. The van der Waals surface area contributed by atoms with Gasteiger partial charge in [0, 0.05) is 31.7 Å². The van der Waals surface area contributed by atoms with Gasteiger partial charge in [0.2, 0.25) is 0 Å². The van der Waals surface area contributed by atoms with Gasteiger partial charge in [-0.3, -0.25) is 9.82 Å². The first-order valence-electron chi connectivity index (χ1n) is 7.01. The number of alkyl halides is 3. The molecule has 0 amide bonds.